The summed E-state index contributed by atoms with van der Waals surface area (Å²) in [5.41, 5.74) is 1.08. The molecule has 0 saturated heterocycles. The van der Waals surface area contributed by atoms with E-state index in [0.29, 0.717) is 13.2 Å². The fraction of sp³-hybridized carbons (Fsp3) is 0.632. The summed E-state index contributed by atoms with van der Waals surface area (Å²) in [4.78, 5) is 6.91. The molecule has 0 saturated carbocycles. The fourth-order valence-corrected chi connectivity index (χ4v) is 2.43. The standard InChI is InChI=1S/C19H34N4O2.HI/c1-6-20-19(21-7-2)22-15-16-10-11-17(18(14-16)24-5)25-13-12-23(8-3)9-4;/h10-11,14H,6-9,12-13,15H2,1-5H3,(H2,20,21,22);1H. The molecule has 150 valence electrons. The minimum Gasteiger partial charge on any atom is -0.493 e. The van der Waals surface area contributed by atoms with Crippen molar-refractivity contribution in [2.24, 2.45) is 4.99 Å². The van der Waals surface area contributed by atoms with Gasteiger partial charge in [-0.1, -0.05) is 19.9 Å². The molecule has 0 unspecified atom stereocenters. The van der Waals surface area contributed by atoms with Crippen LogP contribution in [0.4, 0.5) is 0 Å². The highest BCUT2D eigenvalue weighted by atomic mass is 127. The molecule has 1 aromatic carbocycles. The summed E-state index contributed by atoms with van der Waals surface area (Å²) < 4.78 is 11.4. The number of nitrogens with one attached hydrogen (secondary N) is 2. The van der Waals surface area contributed by atoms with E-state index in [1.807, 2.05) is 18.2 Å². The smallest absolute Gasteiger partial charge is 0.191 e. The van der Waals surface area contributed by atoms with Gasteiger partial charge < -0.3 is 25.0 Å². The van der Waals surface area contributed by atoms with Crippen LogP contribution in [-0.4, -0.2) is 57.3 Å². The molecule has 2 N–H and O–H groups in total. The van der Waals surface area contributed by atoms with E-state index >= 15 is 0 Å². The monoisotopic (exact) mass is 478 g/mol. The van der Waals surface area contributed by atoms with E-state index in [1.165, 1.54) is 0 Å². The lowest BCUT2D eigenvalue weighted by molar-refractivity contribution is 0.217. The topological polar surface area (TPSA) is 58.1 Å². The number of rotatable bonds is 11. The second-order valence-corrected chi connectivity index (χ2v) is 5.59. The Bertz CT molecular complexity index is 514. The number of guanidine groups is 1. The van der Waals surface area contributed by atoms with Crippen molar-refractivity contribution >= 4 is 29.9 Å². The highest BCUT2D eigenvalue weighted by molar-refractivity contribution is 14.0. The predicted octanol–water partition coefficient (Wildman–Crippen LogP) is 3.11. The van der Waals surface area contributed by atoms with Gasteiger partial charge in [0.15, 0.2) is 17.5 Å². The van der Waals surface area contributed by atoms with Gasteiger partial charge in [-0.3, -0.25) is 0 Å². The molecule has 0 aromatic heterocycles. The van der Waals surface area contributed by atoms with Crippen LogP contribution in [0.15, 0.2) is 23.2 Å². The Morgan fingerprint density at radius 2 is 1.69 bits per heavy atom. The van der Waals surface area contributed by atoms with Crippen molar-refractivity contribution < 1.29 is 9.47 Å². The van der Waals surface area contributed by atoms with Crippen molar-refractivity contribution in [3.8, 4) is 11.5 Å². The zero-order valence-electron chi connectivity index (χ0n) is 16.8. The Kier molecular flexibility index (Phi) is 14.2. The van der Waals surface area contributed by atoms with Gasteiger partial charge >= 0.3 is 0 Å². The Labute approximate surface area is 175 Å². The molecule has 0 heterocycles. The van der Waals surface area contributed by atoms with Crippen LogP contribution in [0.5, 0.6) is 11.5 Å². The Balaban J connectivity index is 0.00000625. The second kappa shape index (κ2) is 14.9. The number of nitrogens with zero attached hydrogens (tertiary/aromatic N) is 2. The summed E-state index contributed by atoms with van der Waals surface area (Å²) >= 11 is 0. The molecule has 0 bridgehead atoms. The van der Waals surface area contributed by atoms with Crippen LogP contribution in [0, 0.1) is 0 Å². The lowest BCUT2D eigenvalue weighted by Crippen LogP contribution is -2.36. The van der Waals surface area contributed by atoms with E-state index in [1.54, 1.807) is 7.11 Å². The van der Waals surface area contributed by atoms with Crippen molar-refractivity contribution in [1.29, 1.82) is 0 Å². The van der Waals surface area contributed by atoms with E-state index in [0.717, 1.165) is 55.7 Å². The molecule has 0 aliphatic rings. The molecule has 0 aliphatic heterocycles. The molecule has 1 rings (SSSR count). The van der Waals surface area contributed by atoms with Gasteiger partial charge in [0.1, 0.15) is 6.61 Å². The molecule has 0 aliphatic carbocycles. The number of halogens is 1. The molecule has 6 nitrogen and oxygen atoms in total. The average molecular weight is 478 g/mol. The van der Waals surface area contributed by atoms with Gasteiger partial charge in [-0.05, 0) is 44.6 Å². The van der Waals surface area contributed by atoms with E-state index < -0.39 is 0 Å². The van der Waals surface area contributed by atoms with E-state index in [2.05, 4.69) is 48.2 Å². The molecule has 0 atom stereocenters. The molecule has 26 heavy (non-hydrogen) atoms. The maximum atomic E-state index is 5.89. The fourth-order valence-electron chi connectivity index (χ4n) is 2.43. The van der Waals surface area contributed by atoms with Crippen LogP contribution in [0.1, 0.15) is 33.3 Å². The molecule has 0 amide bonds. The van der Waals surface area contributed by atoms with Crippen LogP contribution < -0.4 is 20.1 Å². The molecular formula is C19H35IN4O2. The third kappa shape index (κ3) is 8.93. The molecule has 7 heteroatoms. The van der Waals surface area contributed by atoms with Crippen molar-refractivity contribution in [2.45, 2.75) is 34.2 Å². The van der Waals surface area contributed by atoms with E-state index in [9.17, 15) is 0 Å². The van der Waals surface area contributed by atoms with Gasteiger partial charge in [0, 0.05) is 19.6 Å². The number of hydrogen-bond donors (Lipinski definition) is 2. The van der Waals surface area contributed by atoms with Crippen molar-refractivity contribution in [3.63, 3.8) is 0 Å². The number of aliphatic imine (C=N–C) groups is 1. The lowest BCUT2D eigenvalue weighted by atomic mass is 10.2. The molecule has 0 spiro atoms. The number of benzene rings is 1. The third-order valence-corrected chi connectivity index (χ3v) is 3.90. The Hall–Kier alpha value is -1.22. The second-order valence-electron chi connectivity index (χ2n) is 5.59. The van der Waals surface area contributed by atoms with Gasteiger partial charge in [0.2, 0.25) is 0 Å². The van der Waals surface area contributed by atoms with Crippen molar-refractivity contribution in [3.05, 3.63) is 23.8 Å². The first-order chi connectivity index (χ1) is 12.2. The first-order valence-corrected chi connectivity index (χ1v) is 9.22. The highest BCUT2D eigenvalue weighted by Crippen LogP contribution is 2.28. The summed E-state index contributed by atoms with van der Waals surface area (Å²) in [6.45, 7) is 14.3. The van der Waals surface area contributed by atoms with E-state index in [-0.39, 0.29) is 24.0 Å². The van der Waals surface area contributed by atoms with Gasteiger partial charge in [-0.2, -0.15) is 0 Å². The summed E-state index contributed by atoms with van der Waals surface area (Å²) in [7, 11) is 1.67. The Morgan fingerprint density at radius 3 is 2.23 bits per heavy atom. The average Bonchev–Trinajstić information content (AvgIpc) is 2.64. The van der Waals surface area contributed by atoms with Crippen LogP contribution in [0.2, 0.25) is 0 Å². The van der Waals surface area contributed by atoms with Crippen molar-refractivity contribution in [2.75, 3.05) is 46.4 Å². The largest absolute Gasteiger partial charge is 0.493 e. The zero-order valence-corrected chi connectivity index (χ0v) is 19.1. The summed E-state index contributed by atoms with van der Waals surface area (Å²) in [5, 5.41) is 6.44. The molecule has 1 aromatic rings. The summed E-state index contributed by atoms with van der Waals surface area (Å²) in [6.07, 6.45) is 0. The van der Waals surface area contributed by atoms with Crippen LogP contribution in [0.3, 0.4) is 0 Å². The molecule has 0 fully saturated rings. The van der Waals surface area contributed by atoms with E-state index in [4.69, 9.17) is 9.47 Å². The van der Waals surface area contributed by atoms with Gasteiger partial charge in [0.25, 0.3) is 0 Å². The predicted molar refractivity (Wildman–Crippen MR) is 120 cm³/mol. The minimum atomic E-state index is 0. The van der Waals surface area contributed by atoms with Crippen LogP contribution >= 0.6 is 24.0 Å². The lowest BCUT2D eigenvalue weighted by Gasteiger charge is -2.19. The molecular weight excluding hydrogens is 443 g/mol. The SMILES string of the molecule is CCNC(=NCc1ccc(OCCN(CC)CC)c(OC)c1)NCC.I. The number of likely N-dealkylation sites (N-methyl/N-ethyl adjacent to an activating group) is 1. The van der Waals surface area contributed by atoms with Gasteiger partial charge in [-0.15, -0.1) is 24.0 Å². The third-order valence-electron chi connectivity index (χ3n) is 3.90. The number of hydrogen-bond acceptors (Lipinski definition) is 4. The normalized spacial score (nSPS) is 10.1. The summed E-state index contributed by atoms with van der Waals surface area (Å²) in [5.74, 6) is 2.35. The van der Waals surface area contributed by atoms with Crippen LogP contribution in [-0.2, 0) is 6.54 Å². The van der Waals surface area contributed by atoms with Crippen LogP contribution in [0.25, 0.3) is 0 Å². The summed E-state index contributed by atoms with van der Waals surface area (Å²) in [6, 6.07) is 5.99. The highest BCUT2D eigenvalue weighted by Gasteiger charge is 2.07. The van der Waals surface area contributed by atoms with Gasteiger partial charge in [-0.25, -0.2) is 4.99 Å². The quantitative estimate of drug-likeness (QED) is 0.291. The maximum Gasteiger partial charge on any atom is 0.191 e. The van der Waals surface area contributed by atoms with Crippen molar-refractivity contribution in [1.82, 2.24) is 15.5 Å². The number of ether oxygens (including phenoxy) is 2. The molecule has 0 radical (unpaired) electrons. The number of methoxy groups -OCH3 is 1. The maximum absolute atomic E-state index is 5.89. The minimum absolute atomic E-state index is 0. The Morgan fingerprint density at radius 1 is 1.04 bits per heavy atom. The zero-order chi connectivity index (χ0) is 18.5. The first-order valence-electron chi connectivity index (χ1n) is 9.22. The first kappa shape index (κ1) is 24.8. The van der Waals surface area contributed by atoms with Gasteiger partial charge in [0.05, 0.1) is 13.7 Å².